The maximum absolute atomic E-state index is 6.25. The number of nitrogens with one attached hydrogen (secondary N) is 1. The van der Waals surface area contributed by atoms with Gasteiger partial charge in [0.1, 0.15) is 5.75 Å². The number of rotatable bonds is 5. The Morgan fingerprint density at radius 1 is 1.37 bits per heavy atom. The van der Waals surface area contributed by atoms with Gasteiger partial charge in [0.25, 0.3) is 0 Å². The molecule has 2 unspecified atom stereocenters. The Labute approximate surface area is 121 Å². The molecule has 106 valence electrons. The van der Waals surface area contributed by atoms with Crippen LogP contribution in [0, 0.1) is 5.92 Å². The minimum absolute atomic E-state index is 0.149. The van der Waals surface area contributed by atoms with Crippen LogP contribution in [0.5, 0.6) is 5.75 Å². The highest BCUT2D eigenvalue weighted by atomic mass is 35.5. The molecular weight excluding hydrogens is 258 g/mol. The second kappa shape index (κ2) is 6.51. The summed E-state index contributed by atoms with van der Waals surface area (Å²) in [7, 11) is 0. The Kier molecular flexibility index (Phi) is 4.98. The van der Waals surface area contributed by atoms with E-state index in [4.69, 9.17) is 16.3 Å². The number of hydrogen-bond acceptors (Lipinski definition) is 2. The van der Waals surface area contributed by atoms with Crippen molar-refractivity contribution in [1.82, 2.24) is 0 Å². The summed E-state index contributed by atoms with van der Waals surface area (Å²) < 4.78 is 5.64. The van der Waals surface area contributed by atoms with E-state index in [2.05, 4.69) is 18.3 Å². The first-order valence-electron chi connectivity index (χ1n) is 7.31. The van der Waals surface area contributed by atoms with Crippen molar-refractivity contribution in [3.05, 3.63) is 23.2 Å². The minimum Gasteiger partial charge on any atom is -0.489 e. The molecule has 2 atom stereocenters. The van der Waals surface area contributed by atoms with Crippen LogP contribution in [0.25, 0.3) is 0 Å². The van der Waals surface area contributed by atoms with Gasteiger partial charge in [-0.1, -0.05) is 24.9 Å². The van der Waals surface area contributed by atoms with Gasteiger partial charge in [0.2, 0.25) is 0 Å². The molecule has 0 bridgehead atoms. The second-order valence-electron chi connectivity index (χ2n) is 5.74. The number of ether oxygens (including phenoxy) is 1. The molecule has 1 aromatic carbocycles. The highest BCUT2D eigenvalue weighted by molar-refractivity contribution is 6.32. The molecule has 1 aliphatic carbocycles. The molecule has 3 heteroatoms. The third-order valence-corrected chi connectivity index (χ3v) is 4.08. The largest absolute Gasteiger partial charge is 0.489 e. The lowest BCUT2D eigenvalue weighted by Crippen LogP contribution is -2.15. The van der Waals surface area contributed by atoms with Crippen LogP contribution < -0.4 is 10.1 Å². The van der Waals surface area contributed by atoms with Gasteiger partial charge in [-0.2, -0.15) is 0 Å². The molecule has 1 fully saturated rings. The molecule has 1 aliphatic rings. The lowest BCUT2D eigenvalue weighted by atomic mass is 10.1. The SMILES string of the molecule is CCC1CCC(Nc2ccc(OC(C)C)c(Cl)c2)C1. The van der Waals surface area contributed by atoms with Gasteiger partial charge in [-0.05, 0) is 57.2 Å². The van der Waals surface area contributed by atoms with Crippen LogP contribution in [0.4, 0.5) is 5.69 Å². The van der Waals surface area contributed by atoms with Gasteiger partial charge >= 0.3 is 0 Å². The molecule has 0 spiro atoms. The fraction of sp³-hybridized carbons (Fsp3) is 0.625. The molecule has 1 aromatic rings. The zero-order chi connectivity index (χ0) is 13.8. The third-order valence-electron chi connectivity index (χ3n) is 3.78. The van der Waals surface area contributed by atoms with Crippen molar-refractivity contribution in [2.24, 2.45) is 5.92 Å². The standard InChI is InChI=1S/C16H24ClNO/c1-4-12-5-6-13(9-12)18-14-7-8-16(15(17)10-14)19-11(2)3/h7-8,10-13,18H,4-6,9H2,1-3H3. The molecule has 1 saturated carbocycles. The topological polar surface area (TPSA) is 21.3 Å². The van der Waals surface area contributed by atoms with Crippen molar-refractivity contribution in [2.75, 3.05) is 5.32 Å². The van der Waals surface area contributed by atoms with E-state index in [1.54, 1.807) is 0 Å². The normalized spacial score (nSPS) is 22.8. The summed E-state index contributed by atoms with van der Waals surface area (Å²) >= 11 is 6.25. The summed E-state index contributed by atoms with van der Waals surface area (Å²) in [5.41, 5.74) is 1.10. The average Bonchev–Trinajstić information content (AvgIpc) is 2.80. The molecule has 0 amide bonds. The van der Waals surface area contributed by atoms with Crippen LogP contribution in [-0.2, 0) is 0 Å². The van der Waals surface area contributed by atoms with Crippen molar-refractivity contribution in [1.29, 1.82) is 0 Å². The highest BCUT2D eigenvalue weighted by Gasteiger charge is 2.23. The van der Waals surface area contributed by atoms with Crippen LogP contribution in [-0.4, -0.2) is 12.1 Å². The maximum Gasteiger partial charge on any atom is 0.138 e. The van der Waals surface area contributed by atoms with Crippen molar-refractivity contribution in [2.45, 2.75) is 58.6 Å². The van der Waals surface area contributed by atoms with Crippen LogP contribution in [0.15, 0.2) is 18.2 Å². The van der Waals surface area contributed by atoms with E-state index in [0.717, 1.165) is 17.4 Å². The van der Waals surface area contributed by atoms with Gasteiger partial charge in [-0.15, -0.1) is 0 Å². The van der Waals surface area contributed by atoms with Crippen molar-refractivity contribution in [3.63, 3.8) is 0 Å². The first-order valence-corrected chi connectivity index (χ1v) is 7.69. The van der Waals surface area contributed by atoms with Gasteiger partial charge in [0.15, 0.2) is 0 Å². The highest BCUT2D eigenvalue weighted by Crippen LogP contribution is 2.33. The van der Waals surface area contributed by atoms with Crippen molar-refractivity contribution < 1.29 is 4.74 Å². The van der Waals surface area contributed by atoms with E-state index < -0.39 is 0 Å². The zero-order valence-corrected chi connectivity index (χ0v) is 12.8. The van der Waals surface area contributed by atoms with Gasteiger partial charge in [-0.3, -0.25) is 0 Å². The Bertz CT molecular complexity index is 419. The van der Waals surface area contributed by atoms with E-state index in [1.165, 1.54) is 25.7 Å². The molecule has 1 N–H and O–H groups in total. The fourth-order valence-electron chi connectivity index (χ4n) is 2.75. The predicted octanol–water partition coefficient (Wildman–Crippen LogP) is 5.12. The quantitative estimate of drug-likeness (QED) is 0.809. The van der Waals surface area contributed by atoms with E-state index in [-0.39, 0.29) is 6.10 Å². The van der Waals surface area contributed by atoms with Crippen LogP contribution in [0.2, 0.25) is 5.02 Å². The number of benzene rings is 1. The van der Waals surface area contributed by atoms with E-state index >= 15 is 0 Å². The Morgan fingerprint density at radius 2 is 2.16 bits per heavy atom. The van der Waals surface area contributed by atoms with Gasteiger partial charge < -0.3 is 10.1 Å². The molecular formula is C16H24ClNO. The van der Waals surface area contributed by atoms with Crippen molar-refractivity contribution in [3.8, 4) is 5.75 Å². The zero-order valence-electron chi connectivity index (χ0n) is 12.1. The summed E-state index contributed by atoms with van der Waals surface area (Å²) in [5, 5.41) is 4.27. The molecule has 2 rings (SSSR count). The first kappa shape index (κ1) is 14.5. The van der Waals surface area contributed by atoms with Crippen LogP contribution >= 0.6 is 11.6 Å². The monoisotopic (exact) mass is 281 g/mol. The summed E-state index contributed by atoms with van der Waals surface area (Å²) in [5.74, 6) is 1.65. The van der Waals surface area contributed by atoms with Crippen molar-refractivity contribution >= 4 is 17.3 Å². The lowest BCUT2D eigenvalue weighted by Gasteiger charge is -2.16. The second-order valence-corrected chi connectivity index (χ2v) is 6.15. The van der Waals surface area contributed by atoms with E-state index in [1.807, 2.05) is 26.0 Å². The van der Waals surface area contributed by atoms with Gasteiger partial charge in [0.05, 0.1) is 11.1 Å². The summed E-state index contributed by atoms with van der Waals surface area (Å²) in [6, 6.07) is 6.58. The summed E-state index contributed by atoms with van der Waals surface area (Å²) in [4.78, 5) is 0. The smallest absolute Gasteiger partial charge is 0.138 e. The molecule has 0 aliphatic heterocycles. The van der Waals surface area contributed by atoms with Crippen LogP contribution in [0.1, 0.15) is 46.5 Å². The number of halogens is 1. The number of hydrogen-bond donors (Lipinski definition) is 1. The molecule has 2 nitrogen and oxygen atoms in total. The third kappa shape index (κ3) is 4.04. The summed E-state index contributed by atoms with van der Waals surface area (Å²) in [6.45, 7) is 6.29. The summed E-state index contributed by atoms with van der Waals surface area (Å²) in [6.07, 6.45) is 5.33. The predicted molar refractivity (Wildman–Crippen MR) is 82.3 cm³/mol. The Morgan fingerprint density at radius 3 is 2.74 bits per heavy atom. The molecule has 19 heavy (non-hydrogen) atoms. The van der Waals surface area contributed by atoms with E-state index in [0.29, 0.717) is 11.1 Å². The molecule has 0 aromatic heterocycles. The maximum atomic E-state index is 6.25. The minimum atomic E-state index is 0.149. The number of anilines is 1. The lowest BCUT2D eigenvalue weighted by molar-refractivity contribution is 0.242. The molecule has 0 heterocycles. The fourth-order valence-corrected chi connectivity index (χ4v) is 2.98. The Hall–Kier alpha value is -0.890. The van der Waals surface area contributed by atoms with Gasteiger partial charge in [0, 0.05) is 11.7 Å². The first-order chi connectivity index (χ1) is 9.08. The molecule has 0 radical (unpaired) electrons. The van der Waals surface area contributed by atoms with Crippen LogP contribution in [0.3, 0.4) is 0 Å². The average molecular weight is 282 g/mol. The van der Waals surface area contributed by atoms with E-state index in [9.17, 15) is 0 Å². The Balaban J connectivity index is 1.96. The molecule has 0 saturated heterocycles. The van der Waals surface area contributed by atoms with Gasteiger partial charge in [-0.25, -0.2) is 0 Å².